The van der Waals surface area contributed by atoms with E-state index < -0.39 is 54.5 Å². The number of carbonyl (C=O) groups is 2. The number of aromatic nitrogens is 6. The normalized spacial score (nSPS) is 16.7. The van der Waals surface area contributed by atoms with E-state index in [1.54, 1.807) is 48.0 Å². The van der Waals surface area contributed by atoms with E-state index in [9.17, 15) is 44.2 Å². The van der Waals surface area contributed by atoms with Gasteiger partial charge >= 0.3 is 0 Å². The second-order valence-corrected chi connectivity index (χ2v) is 17.5. The Kier molecular flexibility index (Phi) is 13.1. The van der Waals surface area contributed by atoms with Crippen LogP contribution in [-0.4, -0.2) is 112 Å². The van der Waals surface area contributed by atoms with Crippen LogP contribution in [0.15, 0.2) is 67.4 Å². The third-order valence-corrected chi connectivity index (χ3v) is 11.5. The summed E-state index contributed by atoms with van der Waals surface area (Å²) in [6.45, 7) is 5.81. The van der Waals surface area contributed by atoms with Crippen LogP contribution in [0.1, 0.15) is 97.3 Å². The first-order valence-electron chi connectivity index (χ1n) is 21.1. The Morgan fingerprint density at radius 1 is 0.800 bits per heavy atom. The summed E-state index contributed by atoms with van der Waals surface area (Å²) in [5.41, 5.74) is 0.160. The smallest absolute Gasteiger partial charge is 0.255 e. The number of carbonyl (C=O) groups excluding carboxylic acids is 2. The summed E-state index contributed by atoms with van der Waals surface area (Å²) in [5.74, 6) is -0.581. The molecule has 7 N–H and O–H groups in total. The highest BCUT2D eigenvalue weighted by Gasteiger charge is 2.33. The lowest BCUT2D eigenvalue weighted by Crippen LogP contribution is -2.42. The molecule has 0 aliphatic heterocycles. The molecule has 0 spiro atoms. The van der Waals surface area contributed by atoms with Crippen molar-refractivity contribution in [3.05, 3.63) is 95.3 Å². The van der Waals surface area contributed by atoms with Gasteiger partial charge in [-0.05, 0) is 78.1 Å². The van der Waals surface area contributed by atoms with Gasteiger partial charge in [0.1, 0.15) is 47.4 Å². The summed E-state index contributed by atoms with van der Waals surface area (Å²) in [4.78, 5) is 45.5. The maximum atomic E-state index is 14.8. The van der Waals surface area contributed by atoms with Crippen molar-refractivity contribution in [2.75, 3.05) is 30.3 Å². The number of hydrogen-bond donors (Lipinski definition) is 7. The van der Waals surface area contributed by atoms with Gasteiger partial charge in [0.2, 0.25) is 0 Å². The van der Waals surface area contributed by atoms with Crippen LogP contribution < -0.4 is 21.3 Å². The number of pyridine rings is 4. The van der Waals surface area contributed by atoms with E-state index >= 15 is 0 Å². The van der Waals surface area contributed by atoms with Crippen molar-refractivity contribution in [1.29, 1.82) is 10.5 Å². The van der Waals surface area contributed by atoms with Gasteiger partial charge in [-0.15, -0.1) is 0 Å². The average Bonchev–Trinajstić information content (AvgIpc) is 4.03. The highest BCUT2D eigenvalue weighted by molar-refractivity contribution is 6.00. The first kappa shape index (κ1) is 45.9. The van der Waals surface area contributed by atoms with E-state index in [4.69, 9.17) is 0 Å². The van der Waals surface area contributed by atoms with E-state index in [1.807, 2.05) is 10.6 Å². The number of fused-ring (bicyclic) bond motifs is 2. The fourth-order valence-corrected chi connectivity index (χ4v) is 7.70. The molecule has 0 bridgehead atoms. The maximum Gasteiger partial charge on any atom is 0.255 e. The van der Waals surface area contributed by atoms with Crippen LogP contribution in [0.5, 0.6) is 0 Å². The summed E-state index contributed by atoms with van der Waals surface area (Å²) >= 11 is 0. The van der Waals surface area contributed by atoms with E-state index in [0.29, 0.717) is 75.5 Å². The van der Waals surface area contributed by atoms with Crippen LogP contribution in [0.25, 0.3) is 33.7 Å². The molecule has 17 nitrogen and oxygen atoms in total. The Bertz CT molecular complexity index is 2840. The van der Waals surface area contributed by atoms with Gasteiger partial charge in [0, 0.05) is 77.6 Å². The van der Waals surface area contributed by atoms with Gasteiger partial charge in [-0.25, -0.2) is 28.7 Å². The minimum absolute atomic E-state index is 0.0779. The molecule has 1 aliphatic carbocycles. The van der Waals surface area contributed by atoms with Gasteiger partial charge < -0.3 is 36.6 Å². The number of aliphatic hydroxyl groups is 3. The van der Waals surface area contributed by atoms with Crippen LogP contribution in [-0.2, 0) is 0 Å². The van der Waals surface area contributed by atoms with Crippen molar-refractivity contribution in [3.63, 3.8) is 0 Å². The lowest BCUT2D eigenvalue weighted by atomic mass is 10.0. The molecule has 1 fully saturated rings. The molecular weight excluding hydrogens is 839 g/mol. The Balaban J connectivity index is 1.23. The van der Waals surface area contributed by atoms with Gasteiger partial charge in [0.05, 0.1) is 64.5 Å². The minimum atomic E-state index is -1.75. The van der Waals surface area contributed by atoms with Crippen molar-refractivity contribution >= 4 is 45.3 Å². The second kappa shape index (κ2) is 18.6. The van der Waals surface area contributed by atoms with Crippen LogP contribution in [0.4, 0.5) is 20.2 Å². The molecule has 7 rings (SSSR count). The molecule has 0 saturated heterocycles. The highest BCUT2D eigenvalue weighted by atomic mass is 19.1. The maximum absolute atomic E-state index is 14.8. The van der Waals surface area contributed by atoms with Crippen LogP contribution in [0.3, 0.4) is 0 Å². The van der Waals surface area contributed by atoms with E-state index in [-0.39, 0.29) is 29.7 Å². The van der Waals surface area contributed by atoms with Gasteiger partial charge in [-0.3, -0.25) is 18.7 Å². The topological polar surface area (TPSA) is 252 Å². The molecule has 0 radical (unpaired) electrons. The van der Waals surface area contributed by atoms with E-state index in [1.165, 1.54) is 52.5 Å². The number of aliphatic hydroxyl groups excluding tert-OH is 1. The van der Waals surface area contributed by atoms with Gasteiger partial charge in [0.25, 0.3) is 11.8 Å². The third kappa shape index (κ3) is 10.0. The highest BCUT2D eigenvalue weighted by Crippen LogP contribution is 2.40. The van der Waals surface area contributed by atoms with Crippen LogP contribution in [0, 0.1) is 22.7 Å². The summed E-state index contributed by atoms with van der Waals surface area (Å²) in [7, 11) is 0. The predicted octanol–water partition coefficient (Wildman–Crippen LogP) is 5.12. The average molecular weight is 889 g/mol. The number of nitrogens with one attached hydrogen (secondary N) is 4. The number of rotatable bonds is 16. The number of halogens is 2. The van der Waals surface area contributed by atoms with Crippen molar-refractivity contribution < 1.29 is 33.7 Å². The van der Waals surface area contributed by atoms with Crippen molar-refractivity contribution in [3.8, 4) is 23.8 Å². The molecular formula is C46H50F2N12O5. The number of nitriles is 2. The Morgan fingerprint density at radius 2 is 1.37 bits per heavy atom. The molecule has 2 amide bonds. The predicted molar refractivity (Wildman–Crippen MR) is 238 cm³/mol. The molecule has 6 heterocycles. The molecule has 6 aromatic rings. The first-order valence-corrected chi connectivity index (χ1v) is 21.1. The lowest BCUT2D eigenvalue weighted by molar-refractivity contribution is -0.00209. The Hall–Kier alpha value is -7.06. The quantitative estimate of drug-likeness (QED) is 0.0668. The SMILES string of the molecule is CC(CO)Nc1cc(-n2c(C3CCC(Nc4cc(-n5ccc6cc(C#N)cnc65)ncc4C(=O)NCC(F)C(C)(C)O)C3)cc3cc(C#N)cnc32)ncc1C(=O)NCC(F)C(C)(C)O. The molecule has 6 aromatic heterocycles. The van der Waals surface area contributed by atoms with Gasteiger partial charge in [0.15, 0.2) is 0 Å². The molecule has 65 heavy (non-hydrogen) atoms. The Labute approximate surface area is 373 Å². The summed E-state index contributed by atoms with van der Waals surface area (Å²) in [5, 5.41) is 62.5. The fourth-order valence-electron chi connectivity index (χ4n) is 7.70. The Morgan fingerprint density at radius 3 is 1.97 bits per heavy atom. The summed E-state index contributed by atoms with van der Waals surface area (Å²) < 4.78 is 33.0. The van der Waals surface area contributed by atoms with Crippen LogP contribution in [0.2, 0.25) is 0 Å². The number of nitrogens with zero attached hydrogens (tertiary/aromatic N) is 8. The van der Waals surface area contributed by atoms with Gasteiger partial charge in [-0.1, -0.05) is 0 Å². The zero-order valence-corrected chi connectivity index (χ0v) is 36.5. The van der Waals surface area contributed by atoms with Crippen molar-refractivity contribution in [2.24, 2.45) is 0 Å². The zero-order valence-electron chi connectivity index (χ0n) is 36.5. The molecule has 1 aliphatic rings. The monoisotopic (exact) mass is 888 g/mol. The van der Waals surface area contributed by atoms with Crippen LogP contribution >= 0.6 is 0 Å². The van der Waals surface area contributed by atoms with E-state index in [0.717, 1.165) is 5.69 Å². The van der Waals surface area contributed by atoms with E-state index in [2.05, 4.69) is 53.3 Å². The lowest BCUT2D eigenvalue weighted by Gasteiger charge is -2.23. The molecule has 338 valence electrons. The number of amides is 2. The fraction of sp³-hybridized carbons (Fsp3) is 0.391. The van der Waals surface area contributed by atoms with Crippen molar-refractivity contribution in [2.45, 2.75) is 95.4 Å². The minimum Gasteiger partial charge on any atom is -0.394 e. The summed E-state index contributed by atoms with van der Waals surface area (Å²) in [6.07, 6.45) is 5.79. The number of alkyl halides is 2. The molecule has 1 saturated carbocycles. The van der Waals surface area contributed by atoms with Gasteiger partial charge in [-0.2, -0.15) is 10.5 Å². The molecule has 5 atom stereocenters. The van der Waals surface area contributed by atoms with Crippen molar-refractivity contribution in [1.82, 2.24) is 39.7 Å². The zero-order chi connectivity index (χ0) is 46.8. The third-order valence-electron chi connectivity index (χ3n) is 11.5. The number of anilines is 2. The largest absolute Gasteiger partial charge is 0.394 e. The molecule has 19 heteroatoms. The standard InChI is InChI=1S/C46H50F2N12O5/c1-25(24-61)57-34-15-40(52-21-32(34)43(62)55-22-37(47)45(2,3)64)60-36(13-30-11-27(17-50)19-54-42(30)60)28-6-7-31(12-28)58-35-14-39(59-9-8-29-10-26(16-49)18-53-41(29)59)51-20-33(35)44(63)56-23-38(48)46(4,5)65/h8-11,13-15,18-21,25,28,31,37-38,61,64-65H,6-7,12,22-24H2,1-5H3,(H,51,58)(H,52,57)(H,55,62)(H,56,63). The summed E-state index contributed by atoms with van der Waals surface area (Å²) in [6, 6.07) is 14.1. The second-order valence-electron chi connectivity index (χ2n) is 17.5. The first-order chi connectivity index (χ1) is 30.9. The number of hydrogen-bond acceptors (Lipinski definition) is 13. The molecule has 5 unspecified atom stereocenters. The molecule has 0 aromatic carbocycles.